The first-order valence-electron chi connectivity index (χ1n) is 13.3. The summed E-state index contributed by atoms with van der Waals surface area (Å²) in [7, 11) is 1.43. The molecule has 6 rings (SSSR count). The number of hydrogen-bond acceptors (Lipinski definition) is 5. The molecule has 7 nitrogen and oxygen atoms in total. The highest BCUT2D eigenvalue weighted by Crippen LogP contribution is 2.37. The molecule has 4 amide bonds. The van der Waals surface area contributed by atoms with Gasteiger partial charge in [-0.25, -0.2) is 4.90 Å². The van der Waals surface area contributed by atoms with Crippen molar-refractivity contribution in [1.82, 2.24) is 4.90 Å². The van der Waals surface area contributed by atoms with Crippen molar-refractivity contribution in [2.24, 2.45) is 0 Å². The fourth-order valence-corrected chi connectivity index (χ4v) is 5.39. The van der Waals surface area contributed by atoms with Crippen molar-refractivity contribution in [3.05, 3.63) is 123 Å². The van der Waals surface area contributed by atoms with Crippen LogP contribution >= 0.6 is 0 Å². The van der Waals surface area contributed by atoms with Crippen molar-refractivity contribution in [3.8, 4) is 11.5 Å². The average Bonchev–Trinajstić information content (AvgIpc) is 3.33. The minimum Gasteiger partial charge on any atom is -0.457 e. The van der Waals surface area contributed by atoms with Crippen molar-refractivity contribution < 1.29 is 23.9 Å². The Morgan fingerprint density at radius 2 is 1.15 bits per heavy atom. The van der Waals surface area contributed by atoms with Crippen LogP contribution in [0.3, 0.4) is 0 Å². The second-order valence-electron chi connectivity index (χ2n) is 11.1. The van der Waals surface area contributed by atoms with Gasteiger partial charge in [0.15, 0.2) is 0 Å². The van der Waals surface area contributed by atoms with Gasteiger partial charge in [-0.1, -0.05) is 44.2 Å². The molecule has 0 saturated carbocycles. The normalized spacial score (nSPS) is 14.6. The van der Waals surface area contributed by atoms with E-state index < -0.39 is 17.7 Å². The van der Waals surface area contributed by atoms with E-state index >= 15 is 0 Å². The van der Waals surface area contributed by atoms with Crippen molar-refractivity contribution in [3.63, 3.8) is 0 Å². The molecule has 2 aliphatic rings. The molecule has 7 heteroatoms. The largest absolute Gasteiger partial charge is 0.457 e. The Kier molecular flexibility index (Phi) is 5.92. The number of carbonyl (C=O) groups excluding carboxylic acids is 4. The molecule has 0 N–H and O–H groups in total. The Hall–Kier alpha value is -5.04. The molecule has 0 fully saturated rings. The fraction of sp³-hybridized carbons (Fsp3) is 0.176. The van der Waals surface area contributed by atoms with E-state index in [0.29, 0.717) is 22.7 Å². The first-order chi connectivity index (χ1) is 19.5. The van der Waals surface area contributed by atoms with Gasteiger partial charge in [-0.3, -0.25) is 24.1 Å². The molecule has 41 heavy (non-hydrogen) atoms. The molecule has 4 aromatic rings. The van der Waals surface area contributed by atoms with Gasteiger partial charge in [-0.15, -0.1) is 0 Å². The lowest BCUT2D eigenvalue weighted by Gasteiger charge is -2.28. The third-order valence-electron chi connectivity index (χ3n) is 8.21. The standard InChI is InChI=1S/C34H28N2O5/c1-19-9-10-22(15-20(19)2)34(3,4)21-7-6-8-23(16-21)36-32(39)27-14-12-25(18-29(27)33(36)40)41-24-11-13-26-28(17-24)31(38)35(5)30(26)37/h6-18H,1-5H3. The number of amides is 4. The summed E-state index contributed by atoms with van der Waals surface area (Å²) in [5.74, 6) is -0.921. The van der Waals surface area contributed by atoms with E-state index in [9.17, 15) is 19.2 Å². The van der Waals surface area contributed by atoms with E-state index in [-0.39, 0.29) is 28.0 Å². The number of nitrogens with zero attached hydrogens (tertiary/aromatic N) is 2. The number of aryl methyl sites for hydroxylation is 2. The Balaban J connectivity index is 1.28. The number of rotatable bonds is 5. The Labute approximate surface area is 238 Å². The Morgan fingerprint density at radius 3 is 1.80 bits per heavy atom. The molecule has 2 heterocycles. The molecule has 0 bridgehead atoms. The molecule has 204 valence electrons. The topological polar surface area (TPSA) is 84.0 Å². The van der Waals surface area contributed by atoms with Crippen LogP contribution in [0.5, 0.6) is 11.5 Å². The number of ether oxygens (including phenoxy) is 1. The summed E-state index contributed by atoms with van der Waals surface area (Å²) in [5, 5.41) is 0. The van der Waals surface area contributed by atoms with E-state index in [1.54, 1.807) is 30.3 Å². The number of imide groups is 2. The molecular weight excluding hydrogens is 516 g/mol. The summed E-state index contributed by atoms with van der Waals surface area (Å²) >= 11 is 0. The van der Waals surface area contributed by atoms with Crippen LogP contribution < -0.4 is 9.64 Å². The van der Waals surface area contributed by atoms with Crippen molar-refractivity contribution in [2.75, 3.05) is 11.9 Å². The number of anilines is 1. The van der Waals surface area contributed by atoms with Gasteiger partial charge in [0.05, 0.1) is 27.9 Å². The monoisotopic (exact) mass is 544 g/mol. The van der Waals surface area contributed by atoms with Gasteiger partial charge in [0, 0.05) is 12.5 Å². The van der Waals surface area contributed by atoms with Gasteiger partial charge >= 0.3 is 0 Å². The summed E-state index contributed by atoms with van der Waals surface area (Å²) in [5.41, 5.74) is 5.80. The van der Waals surface area contributed by atoms with E-state index in [1.165, 1.54) is 35.2 Å². The van der Waals surface area contributed by atoms with Gasteiger partial charge in [-0.2, -0.15) is 0 Å². The maximum atomic E-state index is 13.6. The third-order valence-corrected chi connectivity index (χ3v) is 8.21. The van der Waals surface area contributed by atoms with Crippen LogP contribution in [0.15, 0.2) is 78.9 Å². The van der Waals surface area contributed by atoms with Gasteiger partial charge in [0.1, 0.15) is 11.5 Å². The minimum atomic E-state index is -0.437. The lowest BCUT2D eigenvalue weighted by molar-refractivity contribution is 0.0692. The minimum absolute atomic E-state index is 0.235. The number of hydrogen-bond donors (Lipinski definition) is 0. The highest BCUT2D eigenvalue weighted by molar-refractivity contribution is 6.34. The molecule has 0 aromatic heterocycles. The molecule has 0 radical (unpaired) electrons. The predicted octanol–water partition coefficient (Wildman–Crippen LogP) is 6.45. The second-order valence-corrected chi connectivity index (χ2v) is 11.1. The average molecular weight is 545 g/mol. The molecular formula is C34H28N2O5. The van der Waals surface area contributed by atoms with Crippen LogP contribution in [0.2, 0.25) is 0 Å². The maximum absolute atomic E-state index is 13.6. The smallest absolute Gasteiger partial charge is 0.266 e. The lowest BCUT2D eigenvalue weighted by Crippen LogP contribution is -2.30. The first kappa shape index (κ1) is 26.2. The van der Waals surface area contributed by atoms with E-state index in [2.05, 4.69) is 45.9 Å². The van der Waals surface area contributed by atoms with E-state index in [0.717, 1.165) is 16.0 Å². The Morgan fingerprint density at radius 1 is 0.585 bits per heavy atom. The van der Waals surface area contributed by atoms with Crippen LogP contribution in [-0.2, 0) is 5.41 Å². The van der Waals surface area contributed by atoms with E-state index in [4.69, 9.17) is 4.74 Å². The number of benzene rings is 4. The summed E-state index contributed by atoms with van der Waals surface area (Å²) in [6.45, 7) is 8.43. The highest BCUT2D eigenvalue weighted by Gasteiger charge is 2.38. The van der Waals surface area contributed by atoms with Gasteiger partial charge in [0.25, 0.3) is 23.6 Å². The third kappa shape index (κ3) is 4.12. The number of fused-ring (bicyclic) bond motifs is 2. The van der Waals surface area contributed by atoms with Gasteiger partial charge in [-0.05, 0) is 84.6 Å². The molecule has 4 aromatic carbocycles. The van der Waals surface area contributed by atoms with Gasteiger partial charge in [0.2, 0.25) is 0 Å². The zero-order valence-electron chi connectivity index (χ0n) is 23.4. The van der Waals surface area contributed by atoms with E-state index in [1.807, 2.05) is 18.2 Å². The SMILES string of the molecule is Cc1ccc(C(C)(C)c2cccc(N3C(=O)c4ccc(Oc5ccc6c(c5)C(=O)N(C)C6=O)cc4C3=O)c2)cc1C. The fourth-order valence-electron chi connectivity index (χ4n) is 5.39. The second kappa shape index (κ2) is 9.27. The van der Waals surface area contributed by atoms with Crippen LogP contribution in [0.25, 0.3) is 0 Å². The molecule has 0 spiro atoms. The highest BCUT2D eigenvalue weighted by atomic mass is 16.5. The first-order valence-corrected chi connectivity index (χ1v) is 13.3. The van der Waals surface area contributed by atoms with Crippen molar-refractivity contribution in [2.45, 2.75) is 33.1 Å². The van der Waals surface area contributed by atoms with Crippen LogP contribution in [-0.4, -0.2) is 35.6 Å². The lowest BCUT2D eigenvalue weighted by atomic mass is 9.77. The quantitative estimate of drug-likeness (QED) is 0.270. The predicted molar refractivity (Wildman–Crippen MR) is 155 cm³/mol. The van der Waals surface area contributed by atoms with Crippen molar-refractivity contribution >= 4 is 29.3 Å². The van der Waals surface area contributed by atoms with Crippen molar-refractivity contribution in [1.29, 1.82) is 0 Å². The van der Waals surface area contributed by atoms with Crippen LogP contribution in [0.4, 0.5) is 5.69 Å². The number of carbonyl (C=O) groups is 4. The molecule has 0 unspecified atom stereocenters. The molecule has 2 aliphatic heterocycles. The zero-order valence-corrected chi connectivity index (χ0v) is 23.4. The molecule has 0 aliphatic carbocycles. The molecule has 0 saturated heterocycles. The van der Waals surface area contributed by atoms with Crippen LogP contribution in [0.1, 0.15) is 77.5 Å². The maximum Gasteiger partial charge on any atom is 0.266 e. The zero-order chi connectivity index (χ0) is 29.2. The summed E-state index contributed by atoms with van der Waals surface area (Å²) < 4.78 is 5.94. The Bertz CT molecular complexity index is 1820. The summed E-state index contributed by atoms with van der Waals surface area (Å²) in [6.07, 6.45) is 0. The molecule has 0 atom stereocenters. The van der Waals surface area contributed by atoms with Crippen LogP contribution in [0, 0.1) is 13.8 Å². The summed E-state index contributed by atoms with van der Waals surface area (Å²) in [4.78, 5) is 53.8. The summed E-state index contributed by atoms with van der Waals surface area (Å²) in [6, 6.07) is 23.3. The van der Waals surface area contributed by atoms with Gasteiger partial charge < -0.3 is 4.74 Å².